The fourth-order valence-electron chi connectivity index (χ4n) is 1.96. The van der Waals surface area contributed by atoms with Gasteiger partial charge in [0.15, 0.2) is 5.96 Å². The number of nitrogens with one attached hydrogen (secondary N) is 3. The second kappa shape index (κ2) is 9.62. The molecule has 0 aromatic heterocycles. The van der Waals surface area contributed by atoms with Gasteiger partial charge >= 0.3 is 6.18 Å². The molecule has 142 valence electrons. The van der Waals surface area contributed by atoms with E-state index in [1.54, 1.807) is 7.05 Å². The first-order valence-corrected chi connectivity index (χ1v) is 9.56. The van der Waals surface area contributed by atoms with Gasteiger partial charge < -0.3 is 10.6 Å². The number of nitrogens with zero attached hydrogens (tertiary/aromatic N) is 1. The minimum atomic E-state index is -4.32. The maximum atomic E-state index is 12.5. The maximum Gasteiger partial charge on any atom is 0.416 e. The Kier molecular flexibility index (Phi) is 8.17. The molecular weight excluding hydrogens is 357 g/mol. The smallest absolute Gasteiger partial charge is 0.356 e. The van der Waals surface area contributed by atoms with Gasteiger partial charge in [-0.15, -0.1) is 0 Å². The molecule has 3 N–H and O–H groups in total. The van der Waals surface area contributed by atoms with E-state index < -0.39 is 21.8 Å². The van der Waals surface area contributed by atoms with Crippen molar-refractivity contribution in [3.8, 4) is 0 Å². The van der Waals surface area contributed by atoms with Crippen molar-refractivity contribution in [1.29, 1.82) is 0 Å². The highest BCUT2D eigenvalue weighted by Crippen LogP contribution is 2.29. The summed E-state index contributed by atoms with van der Waals surface area (Å²) < 4.78 is 61.7. The number of rotatable bonds is 8. The number of aliphatic imine (C=N–C) groups is 1. The van der Waals surface area contributed by atoms with E-state index in [2.05, 4.69) is 20.3 Å². The van der Waals surface area contributed by atoms with Gasteiger partial charge in [0.2, 0.25) is 10.0 Å². The molecule has 1 rings (SSSR count). The van der Waals surface area contributed by atoms with Crippen LogP contribution < -0.4 is 15.4 Å². The highest BCUT2D eigenvalue weighted by Gasteiger charge is 2.29. The molecule has 0 aliphatic carbocycles. The number of alkyl halides is 3. The fourth-order valence-corrected chi connectivity index (χ4v) is 2.47. The van der Waals surface area contributed by atoms with Gasteiger partial charge in [-0.3, -0.25) is 4.99 Å². The number of hydrogen-bond donors (Lipinski definition) is 3. The number of sulfonamides is 1. The van der Waals surface area contributed by atoms with Gasteiger partial charge in [0, 0.05) is 26.7 Å². The maximum absolute atomic E-state index is 12.5. The van der Waals surface area contributed by atoms with Crippen LogP contribution in [0.15, 0.2) is 29.3 Å². The second-order valence-corrected chi connectivity index (χ2v) is 7.22. The Hall–Kier alpha value is -1.81. The van der Waals surface area contributed by atoms with E-state index >= 15 is 0 Å². The van der Waals surface area contributed by atoms with Crippen LogP contribution in [0.2, 0.25) is 0 Å². The van der Waals surface area contributed by atoms with Crippen LogP contribution in [-0.2, 0) is 22.6 Å². The molecule has 0 unspecified atom stereocenters. The van der Waals surface area contributed by atoms with Gasteiger partial charge in [-0.2, -0.15) is 13.2 Å². The lowest BCUT2D eigenvalue weighted by molar-refractivity contribution is -0.137. The van der Waals surface area contributed by atoms with E-state index in [-0.39, 0.29) is 0 Å². The van der Waals surface area contributed by atoms with Gasteiger partial charge in [-0.25, -0.2) is 13.1 Å². The normalized spacial score (nSPS) is 12.9. The van der Waals surface area contributed by atoms with Crippen LogP contribution in [0.5, 0.6) is 0 Å². The minimum Gasteiger partial charge on any atom is -0.356 e. The fraction of sp³-hybridized carbons (Fsp3) is 0.533. The third kappa shape index (κ3) is 9.30. The summed E-state index contributed by atoms with van der Waals surface area (Å²) in [6.45, 7) is 1.36. The number of benzene rings is 1. The molecule has 0 radical (unpaired) electrons. The van der Waals surface area contributed by atoms with Gasteiger partial charge in [0.1, 0.15) is 0 Å². The van der Waals surface area contributed by atoms with E-state index in [0.29, 0.717) is 38.4 Å². The molecular formula is C15H23F3N4O2S. The monoisotopic (exact) mass is 380 g/mol. The minimum absolute atomic E-state index is 0.328. The van der Waals surface area contributed by atoms with Crippen molar-refractivity contribution in [2.75, 3.05) is 32.9 Å². The molecule has 1 aromatic rings. The first kappa shape index (κ1) is 21.2. The van der Waals surface area contributed by atoms with Crippen molar-refractivity contribution in [2.45, 2.75) is 19.0 Å². The average molecular weight is 380 g/mol. The summed E-state index contributed by atoms with van der Waals surface area (Å²) in [4.78, 5) is 4.02. The van der Waals surface area contributed by atoms with E-state index in [1.807, 2.05) is 0 Å². The molecule has 0 heterocycles. The Balaban J connectivity index is 2.29. The summed E-state index contributed by atoms with van der Waals surface area (Å²) in [5.41, 5.74) is 0.123. The molecule has 0 spiro atoms. The van der Waals surface area contributed by atoms with Crippen molar-refractivity contribution >= 4 is 16.0 Å². The van der Waals surface area contributed by atoms with E-state index in [4.69, 9.17) is 0 Å². The molecule has 0 saturated carbocycles. The summed E-state index contributed by atoms with van der Waals surface area (Å²) in [5.74, 6) is 0.547. The van der Waals surface area contributed by atoms with E-state index in [0.717, 1.165) is 24.0 Å². The van der Waals surface area contributed by atoms with Crippen LogP contribution in [0.3, 0.4) is 0 Å². The molecule has 0 aliphatic rings. The molecule has 0 aliphatic heterocycles. The van der Waals surface area contributed by atoms with E-state index in [1.165, 1.54) is 12.1 Å². The highest BCUT2D eigenvalue weighted by atomic mass is 32.2. The van der Waals surface area contributed by atoms with Crippen molar-refractivity contribution in [2.24, 2.45) is 4.99 Å². The molecule has 0 atom stereocenters. The lowest BCUT2D eigenvalue weighted by Gasteiger charge is -2.12. The second-order valence-electron chi connectivity index (χ2n) is 5.39. The van der Waals surface area contributed by atoms with E-state index in [9.17, 15) is 21.6 Å². The third-order valence-corrected chi connectivity index (χ3v) is 3.95. The zero-order valence-corrected chi connectivity index (χ0v) is 15.0. The van der Waals surface area contributed by atoms with Gasteiger partial charge in [-0.1, -0.05) is 12.1 Å². The van der Waals surface area contributed by atoms with Crippen molar-refractivity contribution in [1.82, 2.24) is 15.4 Å². The molecule has 25 heavy (non-hydrogen) atoms. The lowest BCUT2D eigenvalue weighted by atomic mass is 10.1. The predicted octanol–water partition coefficient (Wildman–Crippen LogP) is 1.35. The zero-order valence-electron chi connectivity index (χ0n) is 14.2. The summed E-state index contributed by atoms with van der Waals surface area (Å²) in [6.07, 6.45) is -2.09. The van der Waals surface area contributed by atoms with Crippen LogP contribution >= 0.6 is 0 Å². The third-order valence-electron chi connectivity index (χ3n) is 3.22. The van der Waals surface area contributed by atoms with Crippen molar-refractivity contribution in [3.63, 3.8) is 0 Å². The average Bonchev–Trinajstić information content (AvgIpc) is 2.51. The molecule has 0 fully saturated rings. The summed E-state index contributed by atoms with van der Waals surface area (Å²) in [5, 5.41) is 6.07. The Morgan fingerprint density at radius 2 is 1.68 bits per heavy atom. The number of guanidine groups is 1. The first-order chi connectivity index (χ1) is 11.6. The Labute approximate surface area is 146 Å². The van der Waals surface area contributed by atoms with Crippen LogP contribution in [0.4, 0.5) is 13.2 Å². The zero-order chi connectivity index (χ0) is 18.9. The predicted molar refractivity (Wildman–Crippen MR) is 92.0 cm³/mol. The largest absolute Gasteiger partial charge is 0.416 e. The molecule has 10 heteroatoms. The summed E-state index contributed by atoms with van der Waals surface area (Å²) >= 11 is 0. The standard InChI is InChI=1S/C15H23F3N4O2S/c1-19-14(20-9-3-10-22-25(2,23)24)21-11-8-12-4-6-13(7-5-12)15(16,17)18/h4-7,22H,3,8-11H2,1-2H3,(H2,19,20,21). The topological polar surface area (TPSA) is 82.6 Å². The number of hydrogen-bond acceptors (Lipinski definition) is 3. The van der Waals surface area contributed by atoms with Gasteiger partial charge in [0.25, 0.3) is 0 Å². The summed E-state index contributed by atoms with van der Waals surface area (Å²) in [6, 6.07) is 5.05. The SMILES string of the molecule is CN=C(NCCCNS(C)(=O)=O)NCCc1ccc(C(F)(F)F)cc1. The van der Waals surface area contributed by atoms with Crippen LogP contribution in [0.25, 0.3) is 0 Å². The van der Waals surface area contributed by atoms with Crippen molar-refractivity contribution < 1.29 is 21.6 Å². The van der Waals surface area contributed by atoms with Crippen LogP contribution in [0, 0.1) is 0 Å². The molecule has 6 nitrogen and oxygen atoms in total. The summed E-state index contributed by atoms with van der Waals surface area (Å²) in [7, 11) is -1.58. The quantitative estimate of drug-likeness (QED) is 0.361. The Morgan fingerprint density at radius 3 is 2.20 bits per heavy atom. The highest BCUT2D eigenvalue weighted by molar-refractivity contribution is 7.88. The van der Waals surface area contributed by atoms with Crippen LogP contribution in [-0.4, -0.2) is 47.3 Å². The Morgan fingerprint density at radius 1 is 1.08 bits per heavy atom. The van der Waals surface area contributed by atoms with Gasteiger partial charge in [0.05, 0.1) is 11.8 Å². The molecule has 1 aromatic carbocycles. The lowest BCUT2D eigenvalue weighted by Crippen LogP contribution is -2.39. The van der Waals surface area contributed by atoms with Crippen molar-refractivity contribution in [3.05, 3.63) is 35.4 Å². The molecule has 0 amide bonds. The first-order valence-electron chi connectivity index (χ1n) is 7.67. The van der Waals surface area contributed by atoms with Crippen LogP contribution in [0.1, 0.15) is 17.5 Å². The number of halogens is 3. The molecule has 0 saturated heterocycles. The Bertz CT molecular complexity index is 658. The van der Waals surface area contributed by atoms with Gasteiger partial charge in [-0.05, 0) is 30.5 Å². The molecule has 0 bridgehead atoms.